The highest BCUT2D eigenvalue weighted by Crippen LogP contribution is 2.25. The van der Waals surface area contributed by atoms with Crippen LogP contribution in [0.1, 0.15) is 18.4 Å². The van der Waals surface area contributed by atoms with Gasteiger partial charge < -0.3 is 10.6 Å². The lowest BCUT2D eigenvalue weighted by atomic mass is 10.1. The fourth-order valence-corrected chi connectivity index (χ4v) is 2.35. The number of nitrogens with two attached hydrogens (primary N) is 1. The van der Waals surface area contributed by atoms with Crippen LogP contribution >= 0.6 is 12.4 Å². The van der Waals surface area contributed by atoms with Gasteiger partial charge in [0.15, 0.2) is 0 Å². The summed E-state index contributed by atoms with van der Waals surface area (Å²) in [6, 6.07) is 10.9. The maximum absolute atomic E-state index is 12.2. The van der Waals surface area contributed by atoms with E-state index in [2.05, 4.69) is 29.2 Å². The zero-order chi connectivity index (χ0) is 14.4. The van der Waals surface area contributed by atoms with Crippen molar-refractivity contribution in [2.45, 2.75) is 25.3 Å². The van der Waals surface area contributed by atoms with Crippen LogP contribution in [0.3, 0.4) is 0 Å². The second kappa shape index (κ2) is 9.03. The molecule has 21 heavy (non-hydrogen) atoms. The minimum absolute atomic E-state index is 0. The van der Waals surface area contributed by atoms with E-state index in [9.17, 15) is 4.79 Å². The van der Waals surface area contributed by atoms with Crippen LogP contribution in [0.4, 0.5) is 0 Å². The number of amides is 1. The molecular formula is C16H26ClN3O. The van der Waals surface area contributed by atoms with E-state index in [1.165, 1.54) is 5.56 Å². The molecule has 1 aliphatic carbocycles. The van der Waals surface area contributed by atoms with Crippen LogP contribution in [0.2, 0.25) is 0 Å². The second-order valence-corrected chi connectivity index (χ2v) is 5.54. The van der Waals surface area contributed by atoms with Gasteiger partial charge in [-0.05, 0) is 24.8 Å². The third-order valence-electron chi connectivity index (χ3n) is 3.85. The van der Waals surface area contributed by atoms with Gasteiger partial charge in [-0.25, -0.2) is 0 Å². The Labute approximate surface area is 133 Å². The Hall–Kier alpha value is -1.10. The minimum Gasteiger partial charge on any atom is -0.342 e. The Kier molecular flexibility index (Phi) is 7.72. The van der Waals surface area contributed by atoms with Gasteiger partial charge in [0.2, 0.25) is 5.91 Å². The van der Waals surface area contributed by atoms with Crippen molar-refractivity contribution < 1.29 is 4.79 Å². The number of hydrogen-bond donors (Lipinski definition) is 1. The van der Waals surface area contributed by atoms with Gasteiger partial charge in [0.05, 0.1) is 6.54 Å². The van der Waals surface area contributed by atoms with Crippen LogP contribution in [-0.2, 0) is 11.2 Å². The molecule has 0 aliphatic heterocycles. The van der Waals surface area contributed by atoms with Crippen molar-refractivity contribution in [1.29, 1.82) is 0 Å². The van der Waals surface area contributed by atoms with Crippen LogP contribution in [0.15, 0.2) is 30.3 Å². The molecule has 0 aromatic heterocycles. The first-order chi connectivity index (χ1) is 9.70. The Morgan fingerprint density at radius 1 is 1.24 bits per heavy atom. The second-order valence-electron chi connectivity index (χ2n) is 5.54. The van der Waals surface area contributed by atoms with E-state index in [1.54, 1.807) is 0 Å². The first kappa shape index (κ1) is 18.0. The van der Waals surface area contributed by atoms with Crippen LogP contribution in [0.25, 0.3) is 0 Å². The average molecular weight is 312 g/mol. The SMILES string of the molecule is CN(C(=O)CN(CCN)CCc1ccccc1)C1CC1.Cl. The predicted molar refractivity (Wildman–Crippen MR) is 88.7 cm³/mol. The summed E-state index contributed by atoms with van der Waals surface area (Å²) in [6.45, 7) is 2.73. The van der Waals surface area contributed by atoms with Crippen LogP contribution < -0.4 is 5.73 Å². The van der Waals surface area contributed by atoms with Crippen molar-refractivity contribution in [3.05, 3.63) is 35.9 Å². The molecule has 4 nitrogen and oxygen atoms in total. The molecule has 0 spiro atoms. The van der Waals surface area contributed by atoms with Crippen molar-refractivity contribution in [1.82, 2.24) is 9.80 Å². The third-order valence-corrected chi connectivity index (χ3v) is 3.85. The monoisotopic (exact) mass is 311 g/mol. The summed E-state index contributed by atoms with van der Waals surface area (Å²) in [5, 5.41) is 0. The molecule has 0 unspecified atom stereocenters. The minimum atomic E-state index is 0. The number of likely N-dealkylation sites (N-methyl/N-ethyl adjacent to an activating group) is 1. The fourth-order valence-electron chi connectivity index (χ4n) is 2.35. The highest BCUT2D eigenvalue weighted by atomic mass is 35.5. The molecule has 1 fully saturated rings. The summed E-state index contributed by atoms with van der Waals surface area (Å²) in [6.07, 6.45) is 3.27. The molecule has 0 bridgehead atoms. The van der Waals surface area contributed by atoms with Gasteiger partial charge in [0.25, 0.3) is 0 Å². The number of hydrogen-bond acceptors (Lipinski definition) is 3. The van der Waals surface area contributed by atoms with E-state index in [-0.39, 0.29) is 18.3 Å². The fraction of sp³-hybridized carbons (Fsp3) is 0.562. The number of carbonyl (C=O) groups is 1. The zero-order valence-electron chi connectivity index (χ0n) is 12.7. The summed E-state index contributed by atoms with van der Waals surface area (Å²) in [5.74, 6) is 0.217. The maximum Gasteiger partial charge on any atom is 0.236 e. The molecule has 0 saturated heterocycles. The van der Waals surface area contributed by atoms with Crippen molar-refractivity contribution in [3.8, 4) is 0 Å². The van der Waals surface area contributed by atoms with E-state index in [0.29, 0.717) is 19.1 Å². The summed E-state index contributed by atoms with van der Waals surface area (Å²) in [4.78, 5) is 16.2. The lowest BCUT2D eigenvalue weighted by Crippen LogP contribution is -2.42. The summed E-state index contributed by atoms with van der Waals surface area (Å²) >= 11 is 0. The van der Waals surface area contributed by atoms with Gasteiger partial charge in [-0.3, -0.25) is 9.69 Å². The topological polar surface area (TPSA) is 49.6 Å². The lowest BCUT2D eigenvalue weighted by Gasteiger charge is -2.24. The van der Waals surface area contributed by atoms with Gasteiger partial charge in [0, 0.05) is 32.7 Å². The Morgan fingerprint density at radius 3 is 2.48 bits per heavy atom. The Bertz CT molecular complexity index is 423. The molecule has 2 rings (SSSR count). The first-order valence-electron chi connectivity index (χ1n) is 7.42. The molecule has 0 heterocycles. The first-order valence-corrected chi connectivity index (χ1v) is 7.42. The largest absolute Gasteiger partial charge is 0.342 e. The summed E-state index contributed by atoms with van der Waals surface area (Å²) in [7, 11) is 1.91. The van der Waals surface area contributed by atoms with Gasteiger partial charge in [-0.2, -0.15) is 0 Å². The van der Waals surface area contributed by atoms with Gasteiger partial charge in [-0.1, -0.05) is 30.3 Å². The van der Waals surface area contributed by atoms with Crippen molar-refractivity contribution >= 4 is 18.3 Å². The van der Waals surface area contributed by atoms with Gasteiger partial charge in [-0.15, -0.1) is 12.4 Å². The molecule has 1 amide bonds. The third kappa shape index (κ3) is 6.04. The predicted octanol–water partition coefficient (Wildman–Crippen LogP) is 1.53. The van der Waals surface area contributed by atoms with Gasteiger partial charge in [0.1, 0.15) is 0 Å². The number of halogens is 1. The highest BCUT2D eigenvalue weighted by Gasteiger charge is 2.29. The standard InChI is InChI=1S/C16H25N3O.ClH/c1-18(15-7-8-15)16(20)13-19(12-10-17)11-9-14-5-3-2-4-6-14;/h2-6,15H,7-13,17H2,1H3;1H. The average Bonchev–Trinajstić information content (AvgIpc) is 3.30. The summed E-state index contributed by atoms with van der Waals surface area (Å²) in [5.41, 5.74) is 6.96. The molecule has 0 atom stereocenters. The quantitative estimate of drug-likeness (QED) is 0.792. The zero-order valence-corrected chi connectivity index (χ0v) is 13.5. The molecule has 2 N–H and O–H groups in total. The molecule has 1 saturated carbocycles. The number of benzene rings is 1. The molecule has 0 radical (unpaired) electrons. The molecule has 1 aromatic rings. The smallest absolute Gasteiger partial charge is 0.236 e. The maximum atomic E-state index is 12.2. The Balaban J connectivity index is 0.00000220. The van der Waals surface area contributed by atoms with E-state index < -0.39 is 0 Å². The van der Waals surface area contributed by atoms with Crippen LogP contribution in [-0.4, -0.2) is 55.0 Å². The normalized spacial score (nSPS) is 13.9. The number of nitrogens with zero attached hydrogens (tertiary/aromatic N) is 2. The number of carbonyl (C=O) groups excluding carboxylic acids is 1. The lowest BCUT2D eigenvalue weighted by molar-refractivity contribution is -0.131. The summed E-state index contributed by atoms with van der Waals surface area (Å²) < 4.78 is 0. The van der Waals surface area contributed by atoms with Gasteiger partial charge >= 0.3 is 0 Å². The van der Waals surface area contributed by atoms with E-state index in [0.717, 1.165) is 32.4 Å². The number of rotatable bonds is 8. The van der Waals surface area contributed by atoms with E-state index in [1.807, 2.05) is 18.0 Å². The van der Waals surface area contributed by atoms with Crippen molar-refractivity contribution in [2.24, 2.45) is 5.73 Å². The molecule has 5 heteroatoms. The highest BCUT2D eigenvalue weighted by molar-refractivity contribution is 5.85. The van der Waals surface area contributed by atoms with Crippen LogP contribution in [0.5, 0.6) is 0 Å². The Morgan fingerprint density at radius 2 is 1.90 bits per heavy atom. The van der Waals surface area contributed by atoms with E-state index >= 15 is 0 Å². The molecule has 1 aromatic carbocycles. The molecule has 1 aliphatic rings. The van der Waals surface area contributed by atoms with Crippen LogP contribution in [0, 0.1) is 0 Å². The van der Waals surface area contributed by atoms with Crippen molar-refractivity contribution in [2.75, 3.05) is 33.2 Å². The molecular weight excluding hydrogens is 286 g/mol. The molecule has 118 valence electrons. The van der Waals surface area contributed by atoms with E-state index in [4.69, 9.17) is 5.73 Å². The van der Waals surface area contributed by atoms with Crippen molar-refractivity contribution in [3.63, 3.8) is 0 Å².